The molecule has 0 bridgehead atoms. The Morgan fingerprint density at radius 2 is 1.70 bits per heavy atom. The third-order valence-corrected chi connectivity index (χ3v) is 3.24. The molecule has 5 nitrogen and oxygen atoms in total. The predicted octanol–water partition coefficient (Wildman–Crippen LogP) is 3.01. The van der Waals surface area contributed by atoms with Crippen LogP contribution in [0, 0.1) is 6.92 Å². The summed E-state index contributed by atoms with van der Waals surface area (Å²) in [5, 5.41) is 6.69. The summed E-state index contributed by atoms with van der Waals surface area (Å²) < 4.78 is 5.43. The zero-order valence-corrected chi connectivity index (χ0v) is 13.6. The van der Waals surface area contributed by atoms with E-state index in [1.807, 2.05) is 6.92 Å². The minimum Gasteiger partial charge on any atom is -0.377 e. The summed E-state index contributed by atoms with van der Waals surface area (Å²) in [6.45, 7) is 11.9. The lowest BCUT2D eigenvalue weighted by Gasteiger charge is -2.24. The molecule has 0 fully saturated rings. The second kappa shape index (κ2) is 7.43. The highest BCUT2D eigenvalue weighted by Crippen LogP contribution is 2.21. The molecule has 0 saturated heterocycles. The first-order chi connectivity index (χ1) is 9.43. The Balaban J connectivity index is 2.97. The Morgan fingerprint density at radius 1 is 1.10 bits per heavy atom. The van der Waals surface area contributed by atoms with E-state index in [1.54, 1.807) is 7.11 Å². The second-order valence-electron chi connectivity index (χ2n) is 5.56. The van der Waals surface area contributed by atoms with Crippen LogP contribution in [-0.2, 0) is 11.2 Å². The number of rotatable bonds is 8. The van der Waals surface area contributed by atoms with Gasteiger partial charge in [0.15, 0.2) is 0 Å². The Morgan fingerprint density at radius 3 is 2.20 bits per heavy atom. The van der Waals surface area contributed by atoms with Gasteiger partial charge in [0.1, 0.15) is 17.5 Å². The van der Waals surface area contributed by atoms with Gasteiger partial charge in [-0.15, -0.1) is 0 Å². The van der Waals surface area contributed by atoms with E-state index in [2.05, 4.69) is 48.3 Å². The van der Waals surface area contributed by atoms with Gasteiger partial charge in [0.2, 0.25) is 0 Å². The quantitative estimate of drug-likeness (QED) is 0.766. The zero-order valence-electron chi connectivity index (χ0n) is 13.6. The van der Waals surface area contributed by atoms with Crippen LogP contribution in [0.3, 0.4) is 0 Å². The lowest BCUT2D eigenvalue weighted by atomic mass is 10.1. The normalized spacial score (nSPS) is 11.5. The van der Waals surface area contributed by atoms with Crippen molar-refractivity contribution in [2.75, 3.05) is 30.8 Å². The highest BCUT2D eigenvalue weighted by Gasteiger charge is 2.18. The van der Waals surface area contributed by atoms with Crippen molar-refractivity contribution in [1.29, 1.82) is 0 Å². The fourth-order valence-corrected chi connectivity index (χ4v) is 1.78. The number of anilines is 2. The molecule has 1 aromatic heterocycles. The van der Waals surface area contributed by atoms with E-state index in [1.165, 1.54) is 0 Å². The van der Waals surface area contributed by atoms with Crippen molar-refractivity contribution in [2.24, 2.45) is 0 Å². The number of nitrogens with zero attached hydrogens (tertiary/aromatic N) is 2. The second-order valence-corrected chi connectivity index (χ2v) is 5.56. The topological polar surface area (TPSA) is 59.1 Å². The van der Waals surface area contributed by atoms with Gasteiger partial charge in [-0.2, -0.15) is 0 Å². The van der Waals surface area contributed by atoms with E-state index in [9.17, 15) is 0 Å². The molecule has 0 atom stereocenters. The van der Waals surface area contributed by atoms with E-state index in [4.69, 9.17) is 4.74 Å². The largest absolute Gasteiger partial charge is 0.377 e. The highest BCUT2D eigenvalue weighted by atomic mass is 16.5. The maximum atomic E-state index is 5.43. The highest BCUT2D eigenvalue weighted by molar-refractivity contribution is 5.57. The SMILES string of the molecule is CCCc1nc(NCC)c(C)c(NCC(C)(C)OC)n1. The molecule has 0 amide bonds. The van der Waals surface area contributed by atoms with Crippen LogP contribution >= 0.6 is 0 Å². The van der Waals surface area contributed by atoms with Crippen molar-refractivity contribution >= 4 is 11.6 Å². The number of hydrogen-bond donors (Lipinski definition) is 2. The predicted molar refractivity (Wildman–Crippen MR) is 84.5 cm³/mol. The Labute approximate surface area is 122 Å². The van der Waals surface area contributed by atoms with Crippen LogP contribution in [0.1, 0.15) is 45.5 Å². The van der Waals surface area contributed by atoms with Gasteiger partial charge in [-0.25, -0.2) is 9.97 Å². The fraction of sp³-hybridized carbons (Fsp3) is 0.733. The lowest BCUT2D eigenvalue weighted by molar-refractivity contribution is 0.0343. The van der Waals surface area contributed by atoms with Crippen molar-refractivity contribution in [3.63, 3.8) is 0 Å². The minimum atomic E-state index is -0.222. The summed E-state index contributed by atoms with van der Waals surface area (Å²) in [7, 11) is 1.72. The van der Waals surface area contributed by atoms with Gasteiger partial charge in [0, 0.05) is 32.2 Å². The molecule has 114 valence electrons. The third-order valence-electron chi connectivity index (χ3n) is 3.24. The molecule has 20 heavy (non-hydrogen) atoms. The first kappa shape index (κ1) is 16.7. The molecular weight excluding hydrogens is 252 g/mol. The smallest absolute Gasteiger partial charge is 0.134 e. The molecule has 0 unspecified atom stereocenters. The molecule has 2 N–H and O–H groups in total. The molecular formula is C15H28N4O. The van der Waals surface area contributed by atoms with Gasteiger partial charge in [0.25, 0.3) is 0 Å². The van der Waals surface area contributed by atoms with Gasteiger partial charge < -0.3 is 15.4 Å². The Bertz CT molecular complexity index is 432. The molecule has 0 aromatic carbocycles. The maximum absolute atomic E-state index is 5.43. The number of nitrogens with one attached hydrogen (secondary N) is 2. The average molecular weight is 280 g/mol. The van der Waals surface area contributed by atoms with Crippen molar-refractivity contribution in [3.05, 3.63) is 11.4 Å². The number of methoxy groups -OCH3 is 1. The average Bonchev–Trinajstić information content (AvgIpc) is 2.41. The summed E-state index contributed by atoms with van der Waals surface area (Å²) >= 11 is 0. The Kier molecular flexibility index (Phi) is 6.20. The molecule has 1 heterocycles. The minimum absolute atomic E-state index is 0.222. The summed E-state index contributed by atoms with van der Waals surface area (Å²) in [4.78, 5) is 9.21. The van der Waals surface area contributed by atoms with Crippen LogP contribution in [0.25, 0.3) is 0 Å². The van der Waals surface area contributed by atoms with Gasteiger partial charge in [0.05, 0.1) is 5.60 Å². The Hall–Kier alpha value is -1.36. The summed E-state index contributed by atoms with van der Waals surface area (Å²) in [6.07, 6.45) is 1.93. The van der Waals surface area contributed by atoms with Crippen molar-refractivity contribution in [1.82, 2.24) is 9.97 Å². The first-order valence-electron chi connectivity index (χ1n) is 7.34. The molecule has 0 aliphatic carbocycles. The van der Waals surface area contributed by atoms with E-state index in [0.29, 0.717) is 6.54 Å². The monoisotopic (exact) mass is 280 g/mol. The van der Waals surface area contributed by atoms with Gasteiger partial charge in [-0.05, 0) is 34.1 Å². The molecule has 0 saturated carbocycles. The molecule has 5 heteroatoms. The third kappa shape index (κ3) is 4.63. The summed E-state index contributed by atoms with van der Waals surface area (Å²) in [5.74, 6) is 2.69. The van der Waals surface area contributed by atoms with E-state index < -0.39 is 0 Å². The molecule has 0 radical (unpaired) electrons. The summed E-state index contributed by atoms with van der Waals surface area (Å²) in [5.41, 5.74) is 0.833. The molecule has 1 rings (SSSR count). The molecule has 0 aliphatic rings. The fourth-order valence-electron chi connectivity index (χ4n) is 1.78. The van der Waals surface area contributed by atoms with Gasteiger partial charge >= 0.3 is 0 Å². The first-order valence-corrected chi connectivity index (χ1v) is 7.34. The number of ether oxygens (including phenoxy) is 1. The van der Waals surface area contributed by atoms with Gasteiger partial charge in [-0.1, -0.05) is 6.92 Å². The van der Waals surface area contributed by atoms with Crippen molar-refractivity contribution < 1.29 is 4.74 Å². The van der Waals surface area contributed by atoms with Gasteiger partial charge in [-0.3, -0.25) is 0 Å². The summed E-state index contributed by atoms with van der Waals surface area (Å²) in [6, 6.07) is 0. The van der Waals surface area contributed by atoms with Crippen LogP contribution < -0.4 is 10.6 Å². The van der Waals surface area contributed by atoms with Crippen LogP contribution in [0.2, 0.25) is 0 Å². The zero-order chi connectivity index (χ0) is 15.2. The molecule has 1 aromatic rings. The number of aryl methyl sites for hydroxylation is 1. The van der Waals surface area contributed by atoms with E-state index in [0.717, 1.165) is 42.4 Å². The van der Waals surface area contributed by atoms with Crippen molar-refractivity contribution in [3.8, 4) is 0 Å². The van der Waals surface area contributed by atoms with Crippen LogP contribution in [0.5, 0.6) is 0 Å². The molecule has 0 aliphatic heterocycles. The van der Waals surface area contributed by atoms with Crippen LogP contribution in [0.4, 0.5) is 11.6 Å². The van der Waals surface area contributed by atoms with Crippen LogP contribution in [0.15, 0.2) is 0 Å². The maximum Gasteiger partial charge on any atom is 0.134 e. The standard InChI is InChI=1S/C15H28N4O/c1-7-9-12-18-13(16-8-2)11(3)14(19-12)17-10-15(4,5)20-6/h7-10H2,1-6H3,(H2,16,17,18,19). The van der Waals surface area contributed by atoms with E-state index in [-0.39, 0.29) is 5.60 Å². The number of aromatic nitrogens is 2. The number of hydrogen-bond acceptors (Lipinski definition) is 5. The lowest BCUT2D eigenvalue weighted by Crippen LogP contribution is -2.32. The molecule has 0 spiro atoms. The van der Waals surface area contributed by atoms with Crippen molar-refractivity contribution in [2.45, 2.75) is 53.1 Å². The van der Waals surface area contributed by atoms with Crippen LogP contribution in [-0.4, -0.2) is 35.8 Å². The van der Waals surface area contributed by atoms with E-state index >= 15 is 0 Å².